The van der Waals surface area contributed by atoms with Gasteiger partial charge in [0.25, 0.3) is 0 Å². The monoisotopic (exact) mass is 272 g/mol. The van der Waals surface area contributed by atoms with Gasteiger partial charge in [-0.05, 0) is 24.0 Å². The normalized spacial score (nSPS) is 16.8. The van der Waals surface area contributed by atoms with Crippen LogP contribution in [0.2, 0.25) is 0 Å². The summed E-state index contributed by atoms with van der Waals surface area (Å²) < 4.78 is 4.72. The lowest BCUT2D eigenvalue weighted by molar-refractivity contribution is -0.141. The van der Waals surface area contributed by atoms with Gasteiger partial charge in [0, 0.05) is 11.1 Å². The van der Waals surface area contributed by atoms with E-state index >= 15 is 0 Å². The number of anilines is 1. The quantitative estimate of drug-likeness (QED) is 0.805. The first-order valence-electron chi connectivity index (χ1n) is 5.48. The first kappa shape index (κ1) is 12.7. The molecule has 0 unspecified atom stereocenters. The Bertz CT molecular complexity index is 402. The van der Waals surface area contributed by atoms with Crippen LogP contribution in [0.15, 0.2) is 5.38 Å². The molecule has 1 heterocycles. The van der Waals surface area contributed by atoms with Gasteiger partial charge in [0.2, 0.25) is 0 Å². The van der Waals surface area contributed by atoms with Crippen LogP contribution in [0.1, 0.15) is 25.0 Å². The van der Waals surface area contributed by atoms with E-state index < -0.39 is 0 Å². The predicted molar refractivity (Wildman–Crippen MR) is 71.0 cm³/mol. The fourth-order valence-electron chi connectivity index (χ4n) is 1.69. The number of hydrogen-bond donors (Lipinski definition) is 1. The Hall–Kier alpha value is -0.750. The molecule has 94 valence electrons. The number of nitrogen functional groups attached to an aromatic ring is 1. The maximum absolute atomic E-state index is 11.2. The van der Waals surface area contributed by atoms with Gasteiger partial charge in [-0.3, -0.25) is 4.79 Å². The molecule has 0 aromatic carbocycles. The van der Waals surface area contributed by atoms with Crippen molar-refractivity contribution in [1.29, 1.82) is 0 Å². The van der Waals surface area contributed by atoms with Gasteiger partial charge < -0.3 is 10.5 Å². The van der Waals surface area contributed by atoms with Crippen molar-refractivity contribution < 1.29 is 9.53 Å². The summed E-state index contributed by atoms with van der Waals surface area (Å²) in [6.45, 7) is 0. The molecule has 1 aliphatic carbocycles. The molecule has 17 heavy (non-hydrogen) atoms. The van der Waals surface area contributed by atoms with Crippen molar-refractivity contribution >= 4 is 34.2 Å². The summed E-state index contributed by atoms with van der Waals surface area (Å²) in [4.78, 5) is 15.5. The standard InChI is InChI=1S/C11H16N2O2S2/c1-15-9(14)4-11(2-3-11)7-16-5-8-6-17-10(12)13-8/h6H,2-5,7H2,1H3,(H2,12,13). The number of carbonyl (C=O) groups excluding carboxylic acids is 1. The van der Waals surface area contributed by atoms with Gasteiger partial charge >= 0.3 is 5.97 Å². The minimum atomic E-state index is -0.0963. The van der Waals surface area contributed by atoms with Crippen LogP contribution in [-0.2, 0) is 15.3 Å². The number of ether oxygens (including phenoxy) is 1. The third-order valence-electron chi connectivity index (χ3n) is 2.93. The lowest BCUT2D eigenvalue weighted by Crippen LogP contribution is -2.13. The number of rotatable bonds is 6. The highest BCUT2D eigenvalue weighted by atomic mass is 32.2. The third-order valence-corrected chi connectivity index (χ3v) is 4.97. The zero-order chi connectivity index (χ0) is 12.3. The Morgan fingerprint density at radius 3 is 3.00 bits per heavy atom. The molecule has 1 aromatic heterocycles. The number of aromatic nitrogens is 1. The van der Waals surface area contributed by atoms with E-state index in [-0.39, 0.29) is 11.4 Å². The van der Waals surface area contributed by atoms with Crippen LogP contribution < -0.4 is 5.73 Å². The summed E-state index contributed by atoms with van der Waals surface area (Å²) in [5.41, 5.74) is 6.80. The summed E-state index contributed by atoms with van der Waals surface area (Å²) >= 11 is 3.29. The first-order chi connectivity index (χ1) is 8.13. The zero-order valence-electron chi connectivity index (χ0n) is 9.77. The molecule has 4 nitrogen and oxygen atoms in total. The molecule has 1 fully saturated rings. The number of methoxy groups -OCH3 is 1. The van der Waals surface area contributed by atoms with E-state index in [0.29, 0.717) is 11.6 Å². The molecule has 0 bridgehead atoms. The summed E-state index contributed by atoms with van der Waals surface area (Å²) in [5, 5.41) is 2.61. The van der Waals surface area contributed by atoms with Gasteiger partial charge in [0.1, 0.15) is 0 Å². The molecule has 6 heteroatoms. The summed E-state index contributed by atoms with van der Waals surface area (Å²) in [6, 6.07) is 0. The number of esters is 1. The van der Waals surface area contributed by atoms with Crippen molar-refractivity contribution in [3.05, 3.63) is 11.1 Å². The van der Waals surface area contributed by atoms with E-state index in [9.17, 15) is 4.79 Å². The summed E-state index contributed by atoms with van der Waals surface area (Å²) in [5.74, 6) is 1.77. The van der Waals surface area contributed by atoms with E-state index in [1.54, 1.807) is 0 Å². The number of carbonyl (C=O) groups is 1. The van der Waals surface area contributed by atoms with Crippen molar-refractivity contribution in [2.45, 2.75) is 25.0 Å². The molecular formula is C11H16N2O2S2. The van der Waals surface area contributed by atoms with Crippen LogP contribution in [-0.4, -0.2) is 23.8 Å². The van der Waals surface area contributed by atoms with E-state index in [4.69, 9.17) is 10.5 Å². The number of thiazole rings is 1. The molecule has 0 radical (unpaired) electrons. The largest absolute Gasteiger partial charge is 0.469 e. The maximum atomic E-state index is 11.2. The molecule has 0 amide bonds. The Morgan fingerprint density at radius 1 is 1.71 bits per heavy atom. The molecule has 0 spiro atoms. The van der Waals surface area contributed by atoms with Crippen molar-refractivity contribution in [3.8, 4) is 0 Å². The van der Waals surface area contributed by atoms with Gasteiger partial charge in [-0.15, -0.1) is 11.3 Å². The predicted octanol–water partition coefficient (Wildman–Crippen LogP) is 2.30. The second-order valence-corrected chi connectivity index (χ2v) is 6.30. The topological polar surface area (TPSA) is 65.2 Å². The Balaban J connectivity index is 1.73. The van der Waals surface area contributed by atoms with Crippen molar-refractivity contribution in [2.24, 2.45) is 5.41 Å². The Labute approximate surface area is 109 Å². The minimum Gasteiger partial charge on any atom is -0.469 e. The van der Waals surface area contributed by atoms with Gasteiger partial charge in [-0.1, -0.05) is 0 Å². The first-order valence-corrected chi connectivity index (χ1v) is 7.51. The SMILES string of the molecule is COC(=O)CC1(CSCc2csc(N)n2)CC1. The van der Waals surface area contributed by atoms with Crippen LogP contribution >= 0.6 is 23.1 Å². The number of nitrogens with zero attached hydrogens (tertiary/aromatic N) is 1. The number of hydrogen-bond acceptors (Lipinski definition) is 6. The lowest BCUT2D eigenvalue weighted by Gasteiger charge is -2.12. The van der Waals surface area contributed by atoms with E-state index in [1.165, 1.54) is 18.4 Å². The molecule has 0 saturated heterocycles. The molecule has 2 rings (SSSR count). The molecule has 0 aliphatic heterocycles. The van der Waals surface area contributed by atoms with Crippen LogP contribution in [0, 0.1) is 5.41 Å². The van der Waals surface area contributed by atoms with E-state index in [0.717, 1.165) is 30.0 Å². The molecule has 1 aromatic rings. The molecule has 1 saturated carbocycles. The van der Waals surface area contributed by atoms with Crippen LogP contribution in [0.4, 0.5) is 5.13 Å². The third kappa shape index (κ3) is 3.61. The second-order valence-electron chi connectivity index (χ2n) is 4.42. The average molecular weight is 272 g/mol. The highest BCUT2D eigenvalue weighted by Crippen LogP contribution is 2.51. The maximum Gasteiger partial charge on any atom is 0.306 e. The fourth-order valence-corrected chi connectivity index (χ4v) is 3.64. The van der Waals surface area contributed by atoms with Crippen LogP contribution in [0.5, 0.6) is 0 Å². The van der Waals surface area contributed by atoms with Crippen molar-refractivity contribution in [3.63, 3.8) is 0 Å². The van der Waals surface area contributed by atoms with Crippen LogP contribution in [0.25, 0.3) is 0 Å². The van der Waals surface area contributed by atoms with E-state index in [1.807, 2.05) is 17.1 Å². The zero-order valence-corrected chi connectivity index (χ0v) is 11.4. The molecule has 0 atom stereocenters. The number of thioether (sulfide) groups is 1. The highest BCUT2D eigenvalue weighted by molar-refractivity contribution is 7.98. The second kappa shape index (κ2) is 5.27. The molecule has 2 N–H and O–H groups in total. The van der Waals surface area contributed by atoms with Gasteiger partial charge in [-0.25, -0.2) is 4.98 Å². The summed E-state index contributed by atoms with van der Waals surface area (Å²) in [7, 11) is 1.45. The van der Waals surface area contributed by atoms with Crippen LogP contribution in [0.3, 0.4) is 0 Å². The van der Waals surface area contributed by atoms with Gasteiger partial charge in [0.15, 0.2) is 5.13 Å². The Kier molecular flexibility index (Phi) is 3.93. The fraction of sp³-hybridized carbons (Fsp3) is 0.636. The highest BCUT2D eigenvalue weighted by Gasteiger charge is 2.44. The molecular weight excluding hydrogens is 256 g/mol. The van der Waals surface area contributed by atoms with Crippen molar-refractivity contribution in [2.75, 3.05) is 18.6 Å². The lowest BCUT2D eigenvalue weighted by atomic mass is 10.1. The summed E-state index contributed by atoms with van der Waals surface area (Å²) in [6.07, 6.45) is 2.82. The smallest absolute Gasteiger partial charge is 0.306 e. The van der Waals surface area contributed by atoms with Gasteiger partial charge in [0.05, 0.1) is 19.2 Å². The van der Waals surface area contributed by atoms with Crippen molar-refractivity contribution in [1.82, 2.24) is 4.98 Å². The van der Waals surface area contributed by atoms with Gasteiger partial charge in [-0.2, -0.15) is 11.8 Å². The Morgan fingerprint density at radius 2 is 2.47 bits per heavy atom. The average Bonchev–Trinajstić information content (AvgIpc) is 2.93. The molecule has 1 aliphatic rings. The number of nitrogens with two attached hydrogens (primary N) is 1. The minimum absolute atomic E-state index is 0.0963. The van der Waals surface area contributed by atoms with E-state index in [2.05, 4.69) is 4.98 Å².